The summed E-state index contributed by atoms with van der Waals surface area (Å²) in [5, 5.41) is 0. The Bertz CT molecular complexity index is 375. The minimum atomic E-state index is -3.67. The number of rotatable bonds is 2. The molecular formula is C7H6ClFO2S. The van der Waals surface area contributed by atoms with Gasteiger partial charge in [0, 0.05) is 16.2 Å². The van der Waals surface area contributed by atoms with Gasteiger partial charge in [-0.3, -0.25) is 0 Å². The van der Waals surface area contributed by atoms with Gasteiger partial charge >= 0.3 is 0 Å². The second-order valence-corrected chi connectivity index (χ2v) is 5.05. The highest BCUT2D eigenvalue weighted by atomic mass is 35.7. The number of benzene rings is 1. The molecule has 0 aromatic heterocycles. The lowest BCUT2D eigenvalue weighted by Gasteiger charge is -1.97. The van der Waals surface area contributed by atoms with Crippen LogP contribution in [0.1, 0.15) is 5.56 Å². The van der Waals surface area contributed by atoms with Gasteiger partial charge in [0.2, 0.25) is 9.05 Å². The second kappa shape index (κ2) is 3.41. The Balaban J connectivity index is 2.98. The lowest BCUT2D eigenvalue weighted by atomic mass is 10.2. The van der Waals surface area contributed by atoms with Gasteiger partial charge in [0.15, 0.2) is 0 Å². The molecule has 12 heavy (non-hydrogen) atoms. The lowest BCUT2D eigenvalue weighted by molar-refractivity contribution is 0.597. The number of halogens is 2. The van der Waals surface area contributed by atoms with Crippen LogP contribution in [-0.4, -0.2) is 8.42 Å². The van der Waals surface area contributed by atoms with Crippen LogP contribution in [0.3, 0.4) is 0 Å². The first kappa shape index (κ1) is 9.48. The van der Waals surface area contributed by atoms with Crippen molar-refractivity contribution in [2.45, 2.75) is 5.75 Å². The van der Waals surface area contributed by atoms with E-state index in [9.17, 15) is 12.8 Å². The molecule has 0 fully saturated rings. The molecule has 66 valence electrons. The highest BCUT2D eigenvalue weighted by Crippen LogP contribution is 2.12. The molecule has 1 aromatic rings. The predicted molar refractivity (Wildman–Crippen MR) is 44.9 cm³/mol. The summed E-state index contributed by atoms with van der Waals surface area (Å²) in [4.78, 5) is 0. The first-order valence-electron chi connectivity index (χ1n) is 3.15. The summed E-state index contributed by atoms with van der Waals surface area (Å²) in [6.45, 7) is 0. The summed E-state index contributed by atoms with van der Waals surface area (Å²) < 4.78 is 33.9. The van der Waals surface area contributed by atoms with Gasteiger partial charge in [-0.1, -0.05) is 18.2 Å². The average molecular weight is 209 g/mol. The molecule has 1 rings (SSSR count). The smallest absolute Gasteiger partial charge is 0.212 e. The summed E-state index contributed by atoms with van der Waals surface area (Å²) in [6.07, 6.45) is 0. The van der Waals surface area contributed by atoms with Gasteiger partial charge in [0.1, 0.15) is 5.82 Å². The van der Waals surface area contributed by atoms with Crippen molar-refractivity contribution in [3.63, 3.8) is 0 Å². The molecule has 5 heteroatoms. The largest absolute Gasteiger partial charge is 0.236 e. The predicted octanol–water partition coefficient (Wildman–Crippen LogP) is 1.89. The molecule has 0 aliphatic carbocycles. The molecule has 2 nitrogen and oxygen atoms in total. The molecule has 0 spiro atoms. The van der Waals surface area contributed by atoms with Crippen molar-refractivity contribution in [3.8, 4) is 0 Å². The van der Waals surface area contributed by atoms with E-state index in [4.69, 9.17) is 10.7 Å². The summed E-state index contributed by atoms with van der Waals surface area (Å²) in [6, 6.07) is 5.62. The molecule has 0 radical (unpaired) electrons. The maximum atomic E-state index is 12.8. The van der Waals surface area contributed by atoms with Gasteiger partial charge in [-0.25, -0.2) is 12.8 Å². The molecule has 0 heterocycles. The quantitative estimate of drug-likeness (QED) is 0.696. The van der Waals surface area contributed by atoms with Crippen LogP contribution in [0.5, 0.6) is 0 Å². The standard InChI is InChI=1S/C7H6ClFO2S/c8-12(10,11)5-6-3-1-2-4-7(6)9/h1-4H,5H2. The van der Waals surface area contributed by atoms with Gasteiger partial charge < -0.3 is 0 Å². The molecule has 0 saturated carbocycles. The van der Waals surface area contributed by atoms with Crippen LogP contribution in [0.25, 0.3) is 0 Å². The Kier molecular flexibility index (Phi) is 2.69. The average Bonchev–Trinajstić information content (AvgIpc) is 1.91. The topological polar surface area (TPSA) is 34.1 Å². The van der Waals surface area contributed by atoms with E-state index in [0.717, 1.165) is 0 Å². The monoisotopic (exact) mass is 208 g/mol. The van der Waals surface area contributed by atoms with E-state index in [1.807, 2.05) is 0 Å². The van der Waals surface area contributed by atoms with Crippen LogP contribution < -0.4 is 0 Å². The van der Waals surface area contributed by atoms with Crippen molar-refractivity contribution in [1.82, 2.24) is 0 Å². The summed E-state index contributed by atoms with van der Waals surface area (Å²) in [5.41, 5.74) is 0.0903. The zero-order valence-electron chi connectivity index (χ0n) is 6.00. The summed E-state index contributed by atoms with van der Waals surface area (Å²) >= 11 is 0. The maximum Gasteiger partial charge on any atom is 0.236 e. The minimum absolute atomic E-state index is 0.0903. The SMILES string of the molecule is O=S(=O)(Cl)Cc1ccccc1F. The Morgan fingerprint density at radius 2 is 1.92 bits per heavy atom. The van der Waals surface area contributed by atoms with Crippen molar-refractivity contribution in [2.75, 3.05) is 0 Å². The summed E-state index contributed by atoms with van der Waals surface area (Å²) in [7, 11) is 1.28. The van der Waals surface area contributed by atoms with Crippen molar-refractivity contribution in [3.05, 3.63) is 35.6 Å². The maximum absolute atomic E-state index is 12.8. The van der Waals surface area contributed by atoms with Crippen LogP contribution in [0.2, 0.25) is 0 Å². The first-order chi connectivity index (χ1) is 5.49. The lowest BCUT2D eigenvalue weighted by Crippen LogP contribution is -1.97. The fourth-order valence-corrected chi connectivity index (χ4v) is 1.76. The number of hydrogen-bond acceptors (Lipinski definition) is 2. The van der Waals surface area contributed by atoms with Crippen LogP contribution in [0, 0.1) is 5.82 Å². The van der Waals surface area contributed by atoms with E-state index in [0.29, 0.717) is 0 Å². The van der Waals surface area contributed by atoms with Crippen molar-refractivity contribution >= 4 is 19.7 Å². The van der Waals surface area contributed by atoms with Gasteiger partial charge in [0.25, 0.3) is 0 Å². The molecule has 0 amide bonds. The second-order valence-electron chi connectivity index (χ2n) is 2.27. The van der Waals surface area contributed by atoms with Crippen LogP contribution in [0.4, 0.5) is 4.39 Å². The van der Waals surface area contributed by atoms with Gasteiger partial charge in [-0.05, 0) is 6.07 Å². The van der Waals surface area contributed by atoms with Crippen molar-refractivity contribution < 1.29 is 12.8 Å². The summed E-state index contributed by atoms with van der Waals surface area (Å²) in [5.74, 6) is -1.02. The van der Waals surface area contributed by atoms with Crippen LogP contribution >= 0.6 is 10.7 Å². The van der Waals surface area contributed by atoms with Crippen molar-refractivity contribution in [1.29, 1.82) is 0 Å². The molecule has 0 atom stereocenters. The zero-order chi connectivity index (χ0) is 9.19. The fourth-order valence-electron chi connectivity index (χ4n) is 0.801. The third kappa shape index (κ3) is 2.79. The van der Waals surface area contributed by atoms with Gasteiger partial charge in [0.05, 0.1) is 5.75 Å². The Morgan fingerprint density at radius 3 is 2.42 bits per heavy atom. The molecule has 0 unspecified atom stereocenters. The fraction of sp³-hybridized carbons (Fsp3) is 0.143. The van der Waals surface area contributed by atoms with E-state index < -0.39 is 20.6 Å². The first-order valence-corrected chi connectivity index (χ1v) is 5.62. The Hall–Kier alpha value is -0.610. The van der Waals surface area contributed by atoms with Crippen molar-refractivity contribution in [2.24, 2.45) is 0 Å². The normalized spacial score (nSPS) is 11.5. The van der Waals surface area contributed by atoms with E-state index in [1.165, 1.54) is 18.2 Å². The third-order valence-corrected chi connectivity index (χ3v) is 2.27. The highest BCUT2D eigenvalue weighted by Gasteiger charge is 2.09. The van der Waals surface area contributed by atoms with E-state index in [-0.39, 0.29) is 5.56 Å². The van der Waals surface area contributed by atoms with Crippen LogP contribution in [-0.2, 0) is 14.8 Å². The molecule has 0 aliphatic heterocycles. The van der Waals surface area contributed by atoms with E-state index in [1.54, 1.807) is 6.07 Å². The molecule has 0 aliphatic rings. The molecule has 0 bridgehead atoms. The number of hydrogen-bond donors (Lipinski definition) is 0. The van der Waals surface area contributed by atoms with E-state index in [2.05, 4.69) is 0 Å². The molecule has 0 N–H and O–H groups in total. The molecular weight excluding hydrogens is 203 g/mol. The third-order valence-electron chi connectivity index (χ3n) is 1.29. The minimum Gasteiger partial charge on any atom is -0.212 e. The highest BCUT2D eigenvalue weighted by molar-refractivity contribution is 8.13. The molecule has 0 saturated heterocycles. The zero-order valence-corrected chi connectivity index (χ0v) is 7.57. The van der Waals surface area contributed by atoms with Gasteiger partial charge in [-0.15, -0.1) is 0 Å². The molecule has 1 aromatic carbocycles. The van der Waals surface area contributed by atoms with Gasteiger partial charge in [-0.2, -0.15) is 0 Å². The Morgan fingerprint density at radius 1 is 1.33 bits per heavy atom. The van der Waals surface area contributed by atoms with E-state index >= 15 is 0 Å². The Labute approximate surface area is 74.4 Å². The van der Waals surface area contributed by atoms with Crippen LogP contribution in [0.15, 0.2) is 24.3 Å².